The predicted octanol–water partition coefficient (Wildman–Crippen LogP) is -7.65. The number of hydrogen-bond acceptors (Lipinski definition) is 16. The molecule has 2 amide bonds. The molecular formula is C22H40N2O16. The van der Waals surface area contributed by atoms with Gasteiger partial charge in [0.25, 0.3) is 0 Å². The van der Waals surface area contributed by atoms with Crippen LogP contribution in [0.4, 0.5) is 0 Å². The summed E-state index contributed by atoms with van der Waals surface area (Å²) in [5.41, 5.74) is 0. The molecule has 0 aromatic heterocycles. The van der Waals surface area contributed by atoms with Crippen molar-refractivity contribution >= 4 is 11.8 Å². The summed E-state index contributed by atoms with van der Waals surface area (Å²) in [6.07, 6.45) is -20.7. The minimum absolute atomic E-state index is 0.657. The Kier molecular flexibility index (Phi) is 13.5. The molecule has 0 saturated carbocycles. The van der Waals surface area contributed by atoms with Crippen LogP contribution in [0.25, 0.3) is 0 Å². The van der Waals surface area contributed by atoms with E-state index in [0.29, 0.717) is 0 Å². The van der Waals surface area contributed by atoms with E-state index in [1.807, 2.05) is 0 Å². The van der Waals surface area contributed by atoms with Gasteiger partial charge in [0.1, 0.15) is 67.1 Å². The first-order valence-electron chi connectivity index (χ1n) is 12.5. The molecule has 14 atom stereocenters. The van der Waals surface area contributed by atoms with Gasteiger partial charge in [-0.1, -0.05) is 0 Å². The van der Waals surface area contributed by atoms with Crippen LogP contribution < -0.4 is 10.6 Å². The van der Waals surface area contributed by atoms with Crippen LogP contribution in [-0.2, 0) is 28.5 Å². The molecule has 2 fully saturated rings. The lowest BCUT2D eigenvalue weighted by Gasteiger charge is -2.47. The van der Waals surface area contributed by atoms with E-state index in [1.54, 1.807) is 0 Å². The molecule has 0 aliphatic carbocycles. The van der Waals surface area contributed by atoms with Crippen LogP contribution in [0.15, 0.2) is 0 Å². The van der Waals surface area contributed by atoms with Gasteiger partial charge in [0, 0.05) is 13.8 Å². The van der Waals surface area contributed by atoms with Gasteiger partial charge in [0.15, 0.2) is 12.6 Å². The highest BCUT2D eigenvalue weighted by atomic mass is 16.7. The highest BCUT2D eigenvalue weighted by molar-refractivity contribution is 5.73. The van der Waals surface area contributed by atoms with E-state index < -0.39 is 124 Å². The van der Waals surface area contributed by atoms with Gasteiger partial charge in [-0.05, 0) is 0 Å². The Morgan fingerprint density at radius 1 is 0.800 bits per heavy atom. The Hall–Kier alpha value is -1.62. The Labute approximate surface area is 228 Å². The second kappa shape index (κ2) is 15.6. The SMILES string of the molecule is CC(=O)N[C@H]1[C@@H](O[C@@H]2[C@H](O)[C@@H](O)[C@H](O[C@@H]([C@@H](O)[C@H](O)CO)[C@H](CO)NC(C)=O)O[C@@H]2CO)O[C@H](CO)[C@@H](O)[C@@H]1O. The summed E-state index contributed by atoms with van der Waals surface area (Å²) in [5.74, 6) is -1.32. The van der Waals surface area contributed by atoms with Gasteiger partial charge in [-0.15, -0.1) is 0 Å². The van der Waals surface area contributed by atoms with Gasteiger partial charge in [-0.3, -0.25) is 9.59 Å². The summed E-state index contributed by atoms with van der Waals surface area (Å²) in [6, 6.07) is -2.81. The number of nitrogens with one attached hydrogen (secondary N) is 2. The summed E-state index contributed by atoms with van der Waals surface area (Å²) in [6.45, 7) is -1.22. The highest BCUT2D eigenvalue weighted by Crippen LogP contribution is 2.30. The fourth-order valence-electron chi connectivity index (χ4n) is 4.46. The van der Waals surface area contributed by atoms with Crippen molar-refractivity contribution in [2.24, 2.45) is 0 Å². The predicted molar refractivity (Wildman–Crippen MR) is 127 cm³/mol. The smallest absolute Gasteiger partial charge is 0.217 e. The highest BCUT2D eigenvalue weighted by Gasteiger charge is 2.52. The molecule has 2 aliphatic rings. The zero-order chi connectivity index (χ0) is 30.3. The summed E-state index contributed by atoms with van der Waals surface area (Å²) in [7, 11) is 0. The molecule has 40 heavy (non-hydrogen) atoms. The molecule has 2 saturated heterocycles. The van der Waals surface area contributed by atoms with Gasteiger partial charge in [0.05, 0.1) is 32.5 Å². The van der Waals surface area contributed by atoms with Gasteiger partial charge >= 0.3 is 0 Å². The lowest BCUT2D eigenvalue weighted by Crippen LogP contribution is -2.68. The molecule has 0 radical (unpaired) electrons. The number of amides is 2. The van der Waals surface area contributed by atoms with Crippen LogP contribution in [0.2, 0.25) is 0 Å². The van der Waals surface area contributed by atoms with Crippen LogP contribution in [0.1, 0.15) is 13.8 Å². The van der Waals surface area contributed by atoms with Gasteiger partial charge < -0.3 is 80.6 Å². The summed E-state index contributed by atoms with van der Waals surface area (Å²) in [4.78, 5) is 23.2. The molecule has 0 aromatic carbocycles. The van der Waals surface area contributed by atoms with Crippen LogP contribution in [0.3, 0.4) is 0 Å². The first-order valence-corrected chi connectivity index (χ1v) is 12.5. The number of aliphatic hydroxyl groups is 10. The van der Waals surface area contributed by atoms with Crippen molar-refractivity contribution in [3.63, 3.8) is 0 Å². The molecular weight excluding hydrogens is 548 g/mol. The van der Waals surface area contributed by atoms with Gasteiger partial charge in [-0.25, -0.2) is 0 Å². The van der Waals surface area contributed by atoms with Crippen LogP contribution >= 0.6 is 0 Å². The molecule has 2 rings (SSSR count). The maximum absolute atomic E-state index is 11.7. The summed E-state index contributed by atoms with van der Waals surface area (Å²) < 4.78 is 22.2. The number of ether oxygens (including phenoxy) is 4. The number of carbonyl (C=O) groups is 2. The van der Waals surface area contributed by atoms with Crippen molar-refractivity contribution in [1.82, 2.24) is 10.6 Å². The van der Waals surface area contributed by atoms with E-state index in [2.05, 4.69) is 10.6 Å². The van der Waals surface area contributed by atoms with E-state index in [1.165, 1.54) is 0 Å². The fourth-order valence-corrected chi connectivity index (χ4v) is 4.46. The average Bonchev–Trinajstić information content (AvgIpc) is 2.92. The molecule has 234 valence electrons. The molecule has 2 aliphatic heterocycles. The number of aliphatic hydroxyl groups excluding tert-OH is 10. The minimum Gasteiger partial charge on any atom is -0.394 e. The molecule has 18 nitrogen and oxygen atoms in total. The molecule has 2 heterocycles. The second-order valence-electron chi connectivity index (χ2n) is 9.57. The maximum atomic E-state index is 11.7. The second-order valence-corrected chi connectivity index (χ2v) is 9.57. The van der Waals surface area contributed by atoms with Crippen LogP contribution in [0.5, 0.6) is 0 Å². The Balaban J connectivity index is 2.30. The number of carbonyl (C=O) groups excluding carboxylic acids is 2. The molecule has 18 heteroatoms. The van der Waals surface area contributed by atoms with Gasteiger partial charge in [0.2, 0.25) is 11.8 Å². The molecule has 0 spiro atoms. The Morgan fingerprint density at radius 3 is 1.90 bits per heavy atom. The third kappa shape index (κ3) is 8.23. The lowest BCUT2D eigenvalue weighted by molar-refractivity contribution is -0.356. The van der Waals surface area contributed by atoms with E-state index >= 15 is 0 Å². The monoisotopic (exact) mass is 588 g/mol. The minimum atomic E-state index is -2.00. The molecule has 0 aromatic rings. The van der Waals surface area contributed by atoms with E-state index in [9.17, 15) is 60.7 Å². The Bertz CT molecular complexity index is 807. The number of hydrogen-bond donors (Lipinski definition) is 12. The largest absolute Gasteiger partial charge is 0.394 e. The van der Waals surface area contributed by atoms with Gasteiger partial charge in [-0.2, -0.15) is 0 Å². The summed E-state index contributed by atoms with van der Waals surface area (Å²) in [5, 5.41) is 106. The van der Waals surface area contributed by atoms with Crippen molar-refractivity contribution in [2.45, 2.75) is 99.6 Å². The third-order valence-electron chi connectivity index (χ3n) is 6.55. The molecule has 12 N–H and O–H groups in total. The Morgan fingerprint density at radius 2 is 1.40 bits per heavy atom. The van der Waals surface area contributed by atoms with Crippen molar-refractivity contribution in [3.05, 3.63) is 0 Å². The van der Waals surface area contributed by atoms with Crippen LogP contribution in [-0.4, -0.2) is 175 Å². The zero-order valence-electron chi connectivity index (χ0n) is 21.8. The van der Waals surface area contributed by atoms with Crippen LogP contribution in [0, 0.1) is 0 Å². The topological polar surface area (TPSA) is 297 Å². The van der Waals surface area contributed by atoms with Crippen molar-refractivity contribution in [2.75, 3.05) is 26.4 Å². The third-order valence-corrected chi connectivity index (χ3v) is 6.55. The maximum Gasteiger partial charge on any atom is 0.217 e. The van der Waals surface area contributed by atoms with Crippen molar-refractivity contribution < 1.29 is 79.6 Å². The summed E-state index contributed by atoms with van der Waals surface area (Å²) >= 11 is 0. The first-order chi connectivity index (χ1) is 18.8. The fraction of sp³-hybridized carbons (Fsp3) is 0.909. The first kappa shape index (κ1) is 34.6. The number of rotatable bonds is 13. The molecule has 0 unspecified atom stereocenters. The molecule has 0 bridgehead atoms. The van der Waals surface area contributed by atoms with E-state index in [4.69, 9.17) is 18.9 Å². The lowest BCUT2D eigenvalue weighted by atomic mass is 9.95. The standard InChI is InChI=1S/C22H40N2O16/c1-7(29)23-9(3-25)19(14(32)10(31)4-26)39-22-18(36)17(35)20(12(6-28)38-22)40-21-13(24-8(2)30)16(34)15(33)11(5-27)37-21/h9-22,25-28,31-36H,3-6H2,1-2H3,(H,23,29)(H,24,30)/t9-,10+,11+,12+,13+,14-,15+,16+,17+,18+,19+,20-,21+,22-/m0/s1. The van der Waals surface area contributed by atoms with E-state index in [0.717, 1.165) is 13.8 Å². The van der Waals surface area contributed by atoms with Crippen molar-refractivity contribution in [3.8, 4) is 0 Å². The van der Waals surface area contributed by atoms with Crippen molar-refractivity contribution in [1.29, 1.82) is 0 Å². The quantitative estimate of drug-likeness (QED) is 0.0950. The normalized spacial score (nSPS) is 37.7. The van der Waals surface area contributed by atoms with E-state index in [-0.39, 0.29) is 0 Å². The average molecular weight is 589 g/mol. The zero-order valence-corrected chi connectivity index (χ0v) is 21.8.